The fourth-order valence-electron chi connectivity index (χ4n) is 4.70. The first-order valence-corrected chi connectivity index (χ1v) is 11.6. The predicted molar refractivity (Wildman–Crippen MR) is 131 cm³/mol. The minimum Gasteiger partial charge on any atom is -0.496 e. The molecule has 3 aromatic rings. The summed E-state index contributed by atoms with van der Waals surface area (Å²) in [6, 6.07) is 4.12. The summed E-state index contributed by atoms with van der Waals surface area (Å²) >= 11 is 0. The molecule has 1 fully saturated rings. The molecule has 1 saturated heterocycles. The maximum Gasteiger partial charge on any atom is 0.228 e. The van der Waals surface area contributed by atoms with E-state index in [0.29, 0.717) is 17.7 Å². The highest BCUT2D eigenvalue weighted by molar-refractivity contribution is 5.48. The Balaban J connectivity index is 1.40. The Morgan fingerprint density at radius 3 is 2.30 bits per heavy atom. The molecule has 0 bridgehead atoms. The second-order valence-corrected chi connectivity index (χ2v) is 9.10. The van der Waals surface area contributed by atoms with Crippen molar-refractivity contribution in [1.29, 1.82) is 0 Å². The molecule has 1 aliphatic rings. The number of hydrogen-bond donors (Lipinski definition) is 1. The van der Waals surface area contributed by atoms with Gasteiger partial charge < -0.3 is 10.1 Å². The van der Waals surface area contributed by atoms with Gasteiger partial charge in [0.1, 0.15) is 5.75 Å². The van der Waals surface area contributed by atoms with Crippen molar-refractivity contribution in [1.82, 2.24) is 24.8 Å². The molecule has 174 valence electrons. The second kappa shape index (κ2) is 9.83. The van der Waals surface area contributed by atoms with Crippen molar-refractivity contribution in [3.63, 3.8) is 0 Å². The number of rotatable bonds is 6. The van der Waals surface area contributed by atoms with Crippen LogP contribution < -0.4 is 10.1 Å². The predicted octanol–water partition coefficient (Wildman–Crippen LogP) is 4.94. The van der Waals surface area contributed by atoms with Gasteiger partial charge in [0.2, 0.25) is 5.95 Å². The van der Waals surface area contributed by atoms with Crippen molar-refractivity contribution in [2.75, 3.05) is 25.5 Å². The molecule has 0 spiro atoms. The number of aromatic nitrogens is 4. The van der Waals surface area contributed by atoms with Gasteiger partial charge >= 0.3 is 0 Å². The molecule has 0 aliphatic carbocycles. The van der Waals surface area contributed by atoms with Gasteiger partial charge in [-0.1, -0.05) is 0 Å². The smallest absolute Gasteiger partial charge is 0.228 e. The first kappa shape index (κ1) is 23.1. The quantitative estimate of drug-likeness (QED) is 0.575. The molecule has 2 aromatic heterocycles. The number of methoxy groups -OCH3 is 1. The standard InChI is InChI=1S/C26H34N6O/c1-16-11-24(33-6)20(5)19(4)22(16)15-32-9-7-21(8-10-32)23-13-27-14-25(30-23)31-26-28-17(2)12-18(3)29-26/h11-14,21H,7-10,15H2,1-6H3,(H,28,29,30,31). The number of ether oxygens (including phenoxy) is 1. The van der Waals surface area contributed by atoms with Crippen LogP contribution >= 0.6 is 0 Å². The van der Waals surface area contributed by atoms with Gasteiger partial charge in [-0.05, 0) is 94.9 Å². The summed E-state index contributed by atoms with van der Waals surface area (Å²) in [5.74, 6) is 2.65. The number of hydrogen-bond acceptors (Lipinski definition) is 7. The maximum absolute atomic E-state index is 5.53. The highest BCUT2D eigenvalue weighted by Crippen LogP contribution is 2.31. The molecule has 7 heteroatoms. The van der Waals surface area contributed by atoms with Crippen molar-refractivity contribution >= 4 is 11.8 Å². The van der Waals surface area contributed by atoms with E-state index < -0.39 is 0 Å². The first-order valence-electron chi connectivity index (χ1n) is 11.6. The SMILES string of the molecule is COc1cc(C)c(CN2CCC(c3cncc(Nc4nc(C)cc(C)n4)n3)CC2)c(C)c1C. The molecule has 0 radical (unpaired) electrons. The van der Waals surface area contributed by atoms with Crippen molar-refractivity contribution in [2.45, 2.75) is 59.9 Å². The third-order valence-corrected chi connectivity index (χ3v) is 6.69. The number of piperidine rings is 1. The second-order valence-electron chi connectivity index (χ2n) is 9.10. The lowest BCUT2D eigenvalue weighted by molar-refractivity contribution is 0.202. The van der Waals surface area contributed by atoms with Gasteiger partial charge in [-0.25, -0.2) is 15.0 Å². The lowest BCUT2D eigenvalue weighted by Gasteiger charge is -2.32. The van der Waals surface area contributed by atoms with E-state index in [0.717, 1.165) is 55.3 Å². The molecule has 1 aliphatic heterocycles. The molecule has 0 atom stereocenters. The van der Waals surface area contributed by atoms with Crippen molar-refractivity contribution < 1.29 is 4.74 Å². The van der Waals surface area contributed by atoms with Crippen LogP contribution in [-0.4, -0.2) is 45.0 Å². The molecule has 7 nitrogen and oxygen atoms in total. The Kier molecular flexibility index (Phi) is 6.88. The van der Waals surface area contributed by atoms with E-state index in [9.17, 15) is 0 Å². The van der Waals surface area contributed by atoms with Gasteiger partial charge in [-0.3, -0.25) is 9.88 Å². The highest BCUT2D eigenvalue weighted by atomic mass is 16.5. The van der Waals surface area contributed by atoms with Crippen LogP contribution in [0.4, 0.5) is 11.8 Å². The van der Waals surface area contributed by atoms with Crippen LogP contribution in [0.15, 0.2) is 24.5 Å². The summed E-state index contributed by atoms with van der Waals surface area (Å²) in [4.78, 5) is 20.7. The zero-order valence-electron chi connectivity index (χ0n) is 20.6. The Morgan fingerprint density at radius 1 is 0.939 bits per heavy atom. The fourth-order valence-corrected chi connectivity index (χ4v) is 4.70. The summed E-state index contributed by atoms with van der Waals surface area (Å²) in [5, 5.41) is 3.22. The topological polar surface area (TPSA) is 76.1 Å². The number of anilines is 2. The fraction of sp³-hybridized carbons (Fsp3) is 0.462. The highest BCUT2D eigenvalue weighted by Gasteiger charge is 2.23. The van der Waals surface area contributed by atoms with E-state index in [1.165, 1.54) is 22.3 Å². The number of benzene rings is 1. The van der Waals surface area contributed by atoms with Crippen LogP contribution in [-0.2, 0) is 6.54 Å². The molecule has 0 amide bonds. The number of nitrogens with one attached hydrogen (secondary N) is 1. The van der Waals surface area contributed by atoms with E-state index in [4.69, 9.17) is 9.72 Å². The summed E-state index contributed by atoms with van der Waals surface area (Å²) in [7, 11) is 1.74. The zero-order chi connectivity index (χ0) is 23.5. The van der Waals surface area contributed by atoms with Crippen LogP contribution in [0.2, 0.25) is 0 Å². The minimum atomic E-state index is 0.412. The van der Waals surface area contributed by atoms with Crippen LogP contribution in [0.5, 0.6) is 5.75 Å². The van der Waals surface area contributed by atoms with Gasteiger partial charge in [-0.2, -0.15) is 0 Å². The number of aryl methyl sites for hydroxylation is 3. The Hall–Kier alpha value is -3.06. The van der Waals surface area contributed by atoms with Gasteiger partial charge in [-0.15, -0.1) is 0 Å². The summed E-state index contributed by atoms with van der Waals surface area (Å²) in [6.07, 6.45) is 5.78. The summed E-state index contributed by atoms with van der Waals surface area (Å²) in [6.45, 7) is 13.5. The first-order chi connectivity index (χ1) is 15.8. The van der Waals surface area contributed by atoms with Gasteiger partial charge in [0.05, 0.1) is 19.0 Å². The summed E-state index contributed by atoms with van der Waals surface area (Å²) < 4.78 is 5.53. The van der Waals surface area contributed by atoms with Crippen LogP contribution in [0, 0.1) is 34.6 Å². The minimum absolute atomic E-state index is 0.412. The molecular formula is C26H34N6O. The van der Waals surface area contributed by atoms with Crippen molar-refractivity contribution in [3.8, 4) is 5.75 Å². The monoisotopic (exact) mass is 446 g/mol. The molecule has 4 rings (SSSR count). The van der Waals surface area contributed by atoms with Crippen LogP contribution in [0.25, 0.3) is 0 Å². The lowest BCUT2D eigenvalue weighted by Crippen LogP contribution is -2.33. The average Bonchev–Trinajstić information content (AvgIpc) is 2.79. The lowest BCUT2D eigenvalue weighted by atomic mass is 9.92. The largest absolute Gasteiger partial charge is 0.496 e. The molecule has 3 heterocycles. The maximum atomic E-state index is 5.53. The van der Waals surface area contributed by atoms with E-state index in [1.807, 2.05) is 26.1 Å². The van der Waals surface area contributed by atoms with Gasteiger partial charge in [0.15, 0.2) is 5.82 Å². The van der Waals surface area contributed by atoms with Crippen molar-refractivity contribution in [3.05, 3.63) is 63.9 Å². The Morgan fingerprint density at radius 2 is 1.64 bits per heavy atom. The van der Waals surface area contributed by atoms with E-state index >= 15 is 0 Å². The molecule has 33 heavy (non-hydrogen) atoms. The van der Waals surface area contributed by atoms with E-state index in [1.54, 1.807) is 13.3 Å². The number of nitrogens with zero attached hydrogens (tertiary/aromatic N) is 5. The Bertz CT molecular complexity index is 1120. The van der Waals surface area contributed by atoms with Crippen molar-refractivity contribution in [2.24, 2.45) is 0 Å². The van der Waals surface area contributed by atoms with E-state index in [-0.39, 0.29) is 0 Å². The molecule has 1 aromatic carbocycles. The number of likely N-dealkylation sites (tertiary alicyclic amines) is 1. The normalized spacial score (nSPS) is 15.0. The third-order valence-electron chi connectivity index (χ3n) is 6.69. The van der Waals surface area contributed by atoms with Gasteiger partial charge in [0.25, 0.3) is 0 Å². The molecule has 1 N–H and O–H groups in total. The molecular weight excluding hydrogens is 412 g/mol. The summed E-state index contributed by atoms with van der Waals surface area (Å²) in [5.41, 5.74) is 8.20. The van der Waals surface area contributed by atoms with Crippen LogP contribution in [0.3, 0.4) is 0 Å². The third kappa shape index (κ3) is 5.30. The zero-order valence-corrected chi connectivity index (χ0v) is 20.6. The Labute approximate surface area is 196 Å². The average molecular weight is 447 g/mol. The molecule has 0 saturated carbocycles. The van der Waals surface area contributed by atoms with Crippen LogP contribution in [0.1, 0.15) is 58.1 Å². The van der Waals surface area contributed by atoms with Gasteiger partial charge in [0, 0.05) is 30.0 Å². The molecule has 0 unspecified atom stereocenters. The van der Waals surface area contributed by atoms with E-state index in [2.05, 4.69) is 52.0 Å².